The highest BCUT2D eigenvalue weighted by atomic mass is 32.1. The molecule has 0 aromatic heterocycles. The molecule has 0 aliphatic carbocycles. The number of rotatable bonds is 10. The van der Waals surface area contributed by atoms with Crippen molar-refractivity contribution in [3.8, 4) is 0 Å². The van der Waals surface area contributed by atoms with Gasteiger partial charge in [0.15, 0.2) is 0 Å². The Morgan fingerprint density at radius 1 is 0.824 bits per heavy atom. The Morgan fingerprint density at radius 3 is 1.88 bits per heavy atom. The highest BCUT2D eigenvalue weighted by Crippen LogP contribution is 2.08. The first-order valence-corrected chi connectivity index (χ1v) is 8.29. The van der Waals surface area contributed by atoms with E-state index >= 15 is 0 Å². The van der Waals surface area contributed by atoms with Crippen molar-refractivity contribution >= 4 is 25.3 Å². The number of nitrogens with zero attached hydrogens (tertiary/aromatic N) is 2. The van der Waals surface area contributed by atoms with E-state index in [9.17, 15) is 0 Å². The van der Waals surface area contributed by atoms with E-state index in [1.807, 2.05) is 0 Å². The molecule has 0 amide bonds. The summed E-state index contributed by atoms with van der Waals surface area (Å²) in [5.41, 5.74) is 0. The highest BCUT2D eigenvalue weighted by Gasteiger charge is 2.11. The lowest BCUT2D eigenvalue weighted by atomic mass is 10.3. The smallest absolute Gasteiger partial charge is 0.000654 e. The second-order valence-electron chi connectivity index (χ2n) is 4.90. The van der Waals surface area contributed by atoms with Crippen LogP contribution in [0.1, 0.15) is 32.1 Å². The molecule has 1 rings (SSSR count). The first kappa shape index (κ1) is 15.7. The van der Waals surface area contributed by atoms with Gasteiger partial charge in [0.2, 0.25) is 0 Å². The van der Waals surface area contributed by atoms with Gasteiger partial charge in [0.05, 0.1) is 0 Å². The van der Waals surface area contributed by atoms with Crippen LogP contribution in [0.25, 0.3) is 0 Å². The molecule has 4 heteroatoms. The Kier molecular flexibility index (Phi) is 9.71. The lowest BCUT2D eigenvalue weighted by Crippen LogP contribution is -2.30. The van der Waals surface area contributed by atoms with E-state index in [0.717, 1.165) is 11.5 Å². The van der Waals surface area contributed by atoms with Crippen LogP contribution in [0.5, 0.6) is 0 Å². The van der Waals surface area contributed by atoms with Crippen molar-refractivity contribution in [2.75, 3.05) is 50.8 Å². The zero-order valence-electron chi connectivity index (χ0n) is 11.0. The van der Waals surface area contributed by atoms with Gasteiger partial charge in [-0.05, 0) is 82.9 Å². The molecule has 1 fully saturated rings. The van der Waals surface area contributed by atoms with Gasteiger partial charge in [-0.15, -0.1) is 0 Å². The SMILES string of the molecule is SCCCN(CCCS)CCCN1CCCC1. The topological polar surface area (TPSA) is 6.48 Å². The van der Waals surface area contributed by atoms with E-state index in [2.05, 4.69) is 35.1 Å². The Balaban J connectivity index is 2.08. The van der Waals surface area contributed by atoms with Crippen LogP contribution in [-0.4, -0.2) is 60.6 Å². The van der Waals surface area contributed by atoms with Gasteiger partial charge in [-0.3, -0.25) is 0 Å². The van der Waals surface area contributed by atoms with Crippen LogP contribution in [0, 0.1) is 0 Å². The molecule has 0 radical (unpaired) electrons. The van der Waals surface area contributed by atoms with E-state index in [0.29, 0.717) is 0 Å². The third-order valence-electron chi connectivity index (χ3n) is 3.41. The average Bonchev–Trinajstić information content (AvgIpc) is 2.85. The fourth-order valence-electron chi connectivity index (χ4n) is 2.45. The van der Waals surface area contributed by atoms with Crippen molar-refractivity contribution in [2.45, 2.75) is 32.1 Å². The maximum absolute atomic E-state index is 4.30. The molecule has 17 heavy (non-hydrogen) atoms. The molecular formula is C13H28N2S2. The molecule has 0 unspecified atom stereocenters. The Hall–Kier alpha value is 0.620. The van der Waals surface area contributed by atoms with Crippen molar-refractivity contribution in [3.63, 3.8) is 0 Å². The van der Waals surface area contributed by atoms with E-state index in [1.54, 1.807) is 0 Å². The van der Waals surface area contributed by atoms with Crippen LogP contribution >= 0.6 is 25.3 Å². The van der Waals surface area contributed by atoms with Gasteiger partial charge in [0.1, 0.15) is 0 Å². The van der Waals surface area contributed by atoms with E-state index in [-0.39, 0.29) is 0 Å². The fourth-order valence-corrected chi connectivity index (χ4v) is 2.73. The molecule has 1 aliphatic heterocycles. The Morgan fingerprint density at radius 2 is 1.35 bits per heavy atom. The summed E-state index contributed by atoms with van der Waals surface area (Å²) in [6.07, 6.45) is 6.55. The van der Waals surface area contributed by atoms with E-state index in [1.165, 1.54) is 71.4 Å². The summed E-state index contributed by atoms with van der Waals surface area (Å²) in [4.78, 5) is 5.19. The predicted molar refractivity (Wildman–Crippen MR) is 83.7 cm³/mol. The summed E-state index contributed by atoms with van der Waals surface area (Å²) >= 11 is 8.60. The normalized spacial score (nSPS) is 17.1. The number of likely N-dealkylation sites (tertiary alicyclic amines) is 1. The third-order valence-corrected chi connectivity index (χ3v) is 4.04. The van der Waals surface area contributed by atoms with Crippen molar-refractivity contribution in [1.82, 2.24) is 9.80 Å². The predicted octanol–water partition coefficient (Wildman–Crippen LogP) is 2.41. The molecule has 0 bridgehead atoms. The fraction of sp³-hybridized carbons (Fsp3) is 1.00. The summed E-state index contributed by atoms with van der Waals surface area (Å²) < 4.78 is 0. The second kappa shape index (κ2) is 10.5. The molecule has 2 nitrogen and oxygen atoms in total. The van der Waals surface area contributed by atoms with Crippen molar-refractivity contribution < 1.29 is 0 Å². The quantitative estimate of drug-likeness (QED) is 0.592. The summed E-state index contributed by atoms with van der Waals surface area (Å²) in [6, 6.07) is 0. The molecule has 0 aromatic carbocycles. The van der Waals surface area contributed by atoms with Crippen molar-refractivity contribution in [2.24, 2.45) is 0 Å². The minimum atomic E-state index is 1.00. The van der Waals surface area contributed by atoms with Crippen LogP contribution in [0.2, 0.25) is 0 Å². The lowest BCUT2D eigenvalue weighted by Gasteiger charge is -2.23. The monoisotopic (exact) mass is 276 g/mol. The zero-order valence-corrected chi connectivity index (χ0v) is 12.8. The number of thiol groups is 2. The number of hydrogen-bond donors (Lipinski definition) is 2. The van der Waals surface area contributed by atoms with Gasteiger partial charge in [-0.1, -0.05) is 0 Å². The average molecular weight is 277 g/mol. The molecule has 1 aliphatic rings. The molecule has 0 aromatic rings. The molecule has 0 spiro atoms. The van der Waals surface area contributed by atoms with Crippen LogP contribution in [-0.2, 0) is 0 Å². The molecule has 0 atom stereocenters. The summed E-state index contributed by atoms with van der Waals surface area (Å²) in [5, 5.41) is 0. The first-order chi connectivity index (χ1) is 8.36. The summed E-state index contributed by atoms with van der Waals surface area (Å²) in [5.74, 6) is 2.01. The Bertz CT molecular complexity index is 165. The second-order valence-corrected chi connectivity index (χ2v) is 5.79. The molecular weight excluding hydrogens is 248 g/mol. The highest BCUT2D eigenvalue weighted by molar-refractivity contribution is 7.80. The third kappa shape index (κ3) is 7.60. The van der Waals surface area contributed by atoms with E-state index < -0.39 is 0 Å². The summed E-state index contributed by atoms with van der Waals surface area (Å²) in [7, 11) is 0. The van der Waals surface area contributed by atoms with Gasteiger partial charge in [-0.25, -0.2) is 0 Å². The molecule has 0 saturated carbocycles. The first-order valence-electron chi connectivity index (χ1n) is 7.03. The van der Waals surface area contributed by atoms with Crippen molar-refractivity contribution in [3.05, 3.63) is 0 Å². The van der Waals surface area contributed by atoms with Gasteiger partial charge in [0, 0.05) is 0 Å². The van der Waals surface area contributed by atoms with Crippen LogP contribution in [0.15, 0.2) is 0 Å². The minimum Gasteiger partial charge on any atom is -0.303 e. The van der Waals surface area contributed by atoms with E-state index in [4.69, 9.17) is 0 Å². The van der Waals surface area contributed by atoms with Crippen molar-refractivity contribution in [1.29, 1.82) is 0 Å². The maximum atomic E-state index is 4.30. The van der Waals surface area contributed by atoms with Crippen LogP contribution in [0.3, 0.4) is 0 Å². The van der Waals surface area contributed by atoms with Gasteiger partial charge in [0.25, 0.3) is 0 Å². The van der Waals surface area contributed by atoms with Gasteiger partial charge < -0.3 is 9.80 Å². The van der Waals surface area contributed by atoms with Crippen LogP contribution in [0.4, 0.5) is 0 Å². The molecule has 102 valence electrons. The largest absolute Gasteiger partial charge is 0.303 e. The zero-order chi connectivity index (χ0) is 12.3. The molecule has 0 N–H and O–H groups in total. The van der Waals surface area contributed by atoms with Crippen LogP contribution < -0.4 is 0 Å². The molecule has 1 saturated heterocycles. The lowest BCUT2D eigenvalue weighted by molar-refractivity contribution is 0.246. The Labute approximate surface area is 118 Å². The summed E-state index contributed by atoms with van der Waals surface area (Å²) in [6.45, 7) is 7.60. The van der Waals surface area contributed by atoms with Gasteiger partial charge >= 0.3 is 0 Å². The number of hydrogen-bond acceptors (Lipinski definition) is 4. The minimum absolute atomic E-state index is 1.00. The standard InChI is InChI=1S/C13H28N2S2/c16-12-4-10-15(11-5-13-17)9-3-8-14-6-1-2-7-14/h16-17H,1-13H2. The molecule has 1 heterocycles. The maximum Gasteiger partial charge on any atom is -0.000654 e. The van der Waals surface area contributed by atoms with Gasteiger partial charge in [-0.2, -0.15) is 25.3 Å².